The Hall–Kier alpha value is -6.27. The molecule has 0 saturated heterocycles. The molecule has 43 heavy (non-hydrogen) atoms. The van der Waals surface area contributed by atoms with Gasteiger partial charge in [-0.1, -0.05) is 60.7 Å². The van der Waals surface area contributed by atoms with E-state index in [2.05, 4.69) is 11.1 Å². The minimum Gasteiger partial charge on any atom is -0.457 e. The lowest BCUT2D eigenvalue weighted by molar-refractivity contribution is 0.455. The fourth-order valence-corrected chi connectivity index (χ4v) is 5.04. The van der Waals surface area contributed by atoms with E-state index in [4.69, 9.17) is 24.0 Å². The third-order valence-electron chi connectivity index (χ3n) is 6.96. The summed E-state index contributed by atoms with van der Waals surface area (Å²) in [7, 11) is 0. The highest BCUT2D eigenvalue weighted by atomic mass is 16.5. The third kappa shape index (κ3) is 4.83. The number of para-hydroxylation sites is 2. The number of fused-ring (bicyclic) bond motifs is 3. The van der Waals surface area contributed by atoms with Gasteiger partial charge in [0, 0.05) is 0 Å². The van der Waals surface area contributed by atoms with E-state index in [0.717, 1.165) is 5.56 Å². The van der Waals surface area contributed by atoms with Crippen LogP contribution in [-0.2, 0) is 0 Å². The van der Waals surface area contributed by atoms with Gasteiger partial charge in [-0.05, 0) is 65.7 Å². The lowest BCUT2D eigenvalue weighted by Crippen LogP contribution is -2.35. The van der Waals surface area contributed by atoms with E-state index < -0.39 is 11.5 Å². The number of benzene rings is 4. The highest BCUT2D eigenvalue weighted by Crippen LogP contribution is 2.38. The Morgan fingerprint density at radius 2 is 1.35 bits per heavy atom. The van der Waals surface area contributed by atoms with Crippen LogP contribution in [0.3, 0.4) is 0 Å². The average Bonchev–Trinajstić information content (AvgIpc) is 3.57. The van der Waals surface area contributed by atoms with Gasteiger partial charge in [0.2, 0.25) is 11.4 Å². The summed E-state index contributed by atoms with van der Waals surface area (Å²) in [6, 6.07) is 35.4. The zero-order valence-electron chi connectivity index (χ0n) is 22.5. The summed E-state index contributed by atoms with van der Waals surface area (Å²) in [5.41, 5.74) is 7.44. The van der Waals surface area contributed by atoms with E-state index in [9.17, 15) is 10.1 Å². The van der Waals surface area contributed by atoms with Crippen LogP contribution in [0.1, 0.15) is 22.7 Å². The van der Waals surface area contributed by atoms with E-state index in [1.807, 2.05) is 84.9 Å². The molecule has 1 unspecified atom stereocenters. The molecule has 9 heteroatoms. The Labute approximate surface area is 244 Å². The van der Waals surface area contributed by atoms with Gasteiger partial charge in [0.05, 0.1) is 5.92 Å². The van der Waals surface area contributed by atoms with Gasteiger partial charge in [0.15, 0.2) is 0 Å². The number of nitrogen functional groups attached to an aromatic ring is 1. The highest BCUT2D eigenvalue weighted by Gasteiger charge is 2.36. The number of aromatic nitrogens is 2. The van der Waals surface area contributed by atoms with Crippen molar-refractivity contribution in [3.8, 4) is 35.0 Å². The van der Waals surface area contributed by atoms with E-state index >= 15 is 0 Å². The Morgan fingerprint density at radius 1 is 0.791 bits per heavy atom. The number of rotatable bonds is 6. The number of ether oxygens (including phenoxy) is 2. The third-order valence-corrected chi connectivity index (χ3v) is 6.96. The first-order chi connectivity index (χ1) is 21.1. The molecule has 1 aliphatic rings. The fraction of sp³-hybridized carbons (Fsp3) is 0.0294. The summed E-state index contributed by atoms with van der Waals surface area (Å²) >= 11 is 0. The normalized spacial score (nSPS) is 14.1. The van der Waals surface area contributed by atoms with Gasteiger partial charge in [-0.2, -0.15) is 10.2 Å². The van der Waals surface area contributed by atoms with Crippen LogP contribution in [0.5, 0.6) is 23.0 Å². The molecule has 2 N–H and O–H groups in total. The first-order valence-electron chi connectivity index (χ1n) is 13.4. The van der Waals surface area contributed by atoms with Crippen molar-refractivity contribution in [3.05, 3.63) is 147 Å². The Balaban J connectivity index is 1.29. The molecular formula is C34H22N4O5. The smallest absolute Gasteiger partial charge is 0.362 e. The van der Waals surface area contributed by atoms with Crippen LogP contribution in [0.15, 0.2) is 123 Å². The highest BCUT2D eigenvalue weighted by molar-refractivity contribution is 5.73. The van der Waals surface area contributed by atoms with Crippen LogP contribution < -0.4 is 31.7 Å². The lowest BCUT2D eigenvalue weighted by Gasteiger charge is -2.19. The molecule has 0 fully saturated rings. The largest absolute Gasteiger partial charge is 0.457 e. The summed E-state index contributed by atoms with van der Waals surface area (Å²) in [4.78, 5) is 17.6. The van der Waals surface area contributed by atoms with Crippen LogP contribution in [0, 0.1) is 11.3 Å². The number of hydrogen-bond acceptors (Lipinski definition) is 8. The lowest BCUT2D eigenvalue weighted by atomic mass is 9.87. The van der Waals surface area contributed by atoms with Crippen LogP contribution in [0.2, 0.25) is 0 Å². The quantitative estimate of drug-likeness (QED) is 0.290. The summed E-state index contributed by atoms with van der Waals surface area (Å²) in [5, 5.41) is 10.4. The first kappa shape index (κ1) is 25.7. The predicted molar refractivity (Wildman–Crippen MR) is 158 cm³/mol. The molecule has 6 aromatic rings. The number of hydrogen-bond donors (Lipinski definition) is 1. The van der Waals surface area contributed by atoms with E-state index in [0.29, 0.717) is 34.3 Å². The van der Waals surface area contributed by atoms with Crippen molar-refractivity contribution in [2.75, 3.05) is 5.73 Å². The number of oxazole rings is 2. The minimum absolute atomic E-state index is 0.0565. The molecule has 2 aromatic heterocycles. The van der Waals surface area contributed by atoms with Crippen LogP contribution in [0.25, 0.3) is 17.5 Å². The minimum atomic E-state index is -0.681. The second kappa shape index (κ2) is 10.6. The molecule has 9 nitrogen and oxygen atoms in total. The van der Waals surface area contributed by atoms with E-state index in [1.165, 1.54) is 4.57 Å². The Bertz CT molecular complexity index is 2160. The molecule has 1 atom stereocenters. The Morgan fingerprint density at radius 3 is 1.93 bits per heavy atom. The van der Waals surface area contributed by atoms with Crippen LogP contribution in [0.4, 0.5) is 6.01 Å². The monoisotopic (exact) mass is 566 g/mol. The van der Waals surface area contributed by atoms with Gasteiger partial charge in [-0.25, -0.2) is 9.36 Å². The zero-order chi connectivity index (χ0) is 29.3. The molecule has 0 saturated carbocycles. The van der Waals surface area contributed by atoms with Gasteiger partial charge in [0.1, 0.15) is 45.7 Å². The molecule has 4 aromatic carbocycles. The van der Waals surface area contributed by atoms with Crippen molar-refractivity contribution in [2.45, 2.75) is 5.92 Å². The molecule has 0 aliphatic carbocycles. The van der Waals surface area contributed by atoms with Gasteiger partial charge in [-0.3, -0.25) is 0 Å². The Kier molecular flexibility index (Phi) is 6.34. The fourth-order valence-electron chi connectivity index (χ4n) is 5.04. The van der Waals surface area contributed by atoms with E-state index in [1.54, 1.807) is 30.3 Å². The molecule has 1 aliphatic heterocycles. The summed E-state index contributed by atoms with van der Waals surface area (Å²) in [6.07, 6.45) is 1.65. The van der Waals surface area contributed by atoms with Crippen molar-refractivity contribution >= 4 is 17.7 Å². The van der Waals surface area contributed by atoms with Gasteiger partial charge in [0.25, 0.3) is 6.01 Å². The number of nitrogens with two attached hydrogens (primary N) is 1. The van der Waals surface area contributed by atoms with Gasteiger partial charge >= 0.3 is 5.63 Å². The maximum absolute atomic E-state index is 13.2. The maximum Gasteiger partial charge on any atom is 0.362 e. The standard InChI is InChI=1S/C34H22N4O5/c35-20-27-29(22-13-17-26(18-14-22)41-24-9-5-2-6-10-24)30-32(43-34(36)37-30)38-28(33(39)42-31(27)38)19-21-11-15-25(16-12-21)40-23-7-3-1-4-8-23/h1-19,29H,(H2,36,37)/b28-19+. The van der Waals surface area contributed by atoms with Crippen LogP contribution in [-0.4, -0.2) is 9.55 Å². The second-order valence-corrected chi connectivity index (χ2v) is 9.73. The molecule has 0 radical (unpaired) electrons. The second-order valence-electron chi connectivity index (χ2n) is 9.73. The van der Waals surface area contributed by atoms with Crippen molar-refractivity contribution in [3.63, 3.8) is 0 Å². The molecule has 7 rings (SSSR count). The average molecular weight is 567 g/mol. The topological polar surface area (TPSA) is 129 Å². The number of nitrogens with zero attached hydrogens (tertiary/aromatic N) is 3. The van der Waals surface area contributed by atoms with Crippen molar-refractivity contribution in [1.29, 1.82) is 5.26 Å². The molecule has 0 amide bonds. The predicted octanol–water partition coefficient (Wildman–Crippen LogP) is 5.23. The summed E-state index contributed by atoms with van der Waals surface area (Å²) in [5.74, 6) is 2.20. The van der Waals surface area contributed by atoms with Crippen LogP contribution >= 0.6 is 0 Å². The zero-order valence-corrected chi connectivity index (χ0v) is 22.5. The van der Waals surface area contributed by atoms with Crippen molar-refractivity contribution in [1.82, 2.24) is 9.55 Å². The molecular weight excluding hydrogens is 544 g/mol. The van der Waals surface area contributed by atoms with Gasteiger partial charge in [-0.15, -0.1) is 0 Å². The number of anilines is 1. The molecule has 208 valence electrons. The maximum atomic E-state index is 13.2. The number of nitriles is 1. The van der Waals surface area contributed by atoms with Crippen molar-refractivity contribution < 1.29 is 18.3 Å². The SMILES string of the molecule is N#CC1=c2oc(=O)/c(=C\c3ccc(Oc4ccccc4)cc3)n2-c2oc(N)nc2C1c1ccc(Oc2ccccc2)cc1. The van der Waals surface area contributed by atoms with Crippen molar-refractivity contribution in [2.24, 2.45) is 0 Å². The summed E-state index contributed by atoms with van der Waals surface area (Å²) in [6.45, 7) is 0. The molecule has 3 heterocycles. The summed E-state index contributed by atoms with van der Waals surface area (Å²) < 4.78 is 24.7. The molecule has 0 spiro atoms. The first-order valence-corrected chi connectivity index (χ1v) is 13.4. The molecule has 0 bridgehead atoms. The van der Waals surface area contributed by atoms with E-state index in [-0.39, 0.29) is 28.4 Å². The van der Waals surface area contributed by atoms with Gasteiger partial charge < -0.3 is 24.0 Å².